The second-order valence-corrected chi connectivity index (χ2v) is 5.93. The van der Waals surface area contributed by atoms with Crippen molar-refractivity contribution in [3.8, 4) is 11.4 Å². The maximum absolute atomic E-state index is 14.3. The van der Waals surface area contributed by atoms with E-state index in [1.165, 1.54) is 0 Å². The molecule has 1 aromatic heterocycles. The van der Waals surface area contributed by atoms with Gasteiger partial charge in [-0.3, -0.25) is 9.36 Å². The Morgan fingerprint density at radius 2 is 1.88 bits per heavy atom. The Bertz CT molecular complexity index is 993. The highest BCUT2D eigenvalue weighted by molar-refractivity contribution is 6.32. The van der Waals surface area contributed by atoms with Crippen molar-refractivity contribution >= 4 is 11.6 Å². The molecule has 0 saturated heterocycles. The van der Waals surface area contributed by atoms with Gasteiger partial charge < -0.3 is 4.74 Å². The summed E-state index contributed by atoms with van der Waals surface area (Å²) in [6, 6.07) is 1.98. The van der Waals surface area contributed by atoms with Crippen LogP contribution in [-0.4, -0.2) is 15.7 Å². The van der Waals surface area contributed by atoms with Gasteiger partial charge in [-0.15, -0.1) is 0 Å². The van der Waals surface area contributed by atoms with Gasteiger partial charge in [0.1, 0.15) is 23.9 Å². The van der Waals surface area contributed by atoms with Crippen molar-refractivity contribution in [2.45, 2.75) is 13.1 Å². The van der Waals surface area contributed by atoms with E-state index in [4.69, 9.17) is 16.3 Å². The Morgan fingerprint density at radius 3 is 2.42 bits per heavy atom. The van der Waals surface area contributed by atoms with E-state index in [1.807, 2.05) is 0 Å². The molecule has 0 N–H and O–H groups in total. The van der Waals surface area contributed by atoms with Gasteiger partial charge in [-0.2, -0.15) is 13.2 Å². The molecule has 0 fully saturated rings. The molecule has 140 valence electrons. The summed E-state index contributed by atoms with van der Waals surface area (Å²) in [7, 11) is 0.827. The van der Waals surface area contributed by atoms with Crippen molar-refractivity contribution in [3.63, 3.8) is 0 Å². The van der Waals surface area contributed by atoms with Gasteiger partial charge in [-0.05, 0) is 18.6 Å². The number of benzene rings is 1. The molecular formula is C16H13ClF4N2O3. The molecule has 1 aromatic carbocycles. The number of rotatable bonds is 4. The van der Waals surface area contributed by atoms with E-state index in [2.05, 4.69) is 6.58 Å². The van der Waals surface area contributed by atoms with E-state index < -0.39 is 34.6 Å². The van der Waals surface area contributed by atoms with Gasteiger partial charge in [-0.1, -0.05) is 18.2 Å². The standard InChI is InChI=1S/C16H13ClF4N2O3/c1-8(2)7-26-12-5-11(10(18)4-9(12)17)23-14(24)6-13(16(19,20)21)22(3)15(23)25/h4-6H,1,7H2,2-3H3. The number of aromatic nitrogens is 2. The largest absolute Gasteiger partial charge is 0.488 e. The highest BCUT2D eigenvalue weighted by atomic mass is 35.5. The summed E-state index contributed by atoms with van der Waals surface area (Å²) < 4.78 is 58.7. The van der Waals surface area contributed by atoms with Crippen molar-refractivity contribution in [3.05, 3.63) is 67.7 Å². The number of hydrogen-bond acceptors (Lipinski definition) is 3. The lowest BCUT2D eigenvalue weighted by molar-refractivity contribution is -0.144. The van der Waals surface area contributed by atoms with Crippen LogP contribution in [0.25, 0.3) is 5.69 Å². The maximum atomic E-state index is 14.3. The molecule has 0 atom stereocenters. The first-order chi connectivity index (χ1) is 11.9. The van der Waals surface area contributed by atoms with Crippen LogP contribution in [0.1, 0.15) is 12.6 Å². The highest BCUT2D eigenvalue weighted by Crippen LogP contribution is 2.30. The fraction of sp³-hybridized carbons (Fsp3) is 0.250. The lowest BCUT2D eigenvalue weighted by Crippen LogP contribution is -2.41. The molecule has 1 heterocycles. The summed E-state index contributed by atoms with van der Waals surface area (Å²) in [5.41, 5.74) is -4.11. The van der Waals surface area contributed by atoms with Gasteiger partial charge in [0.05, 0.1) is 10.7 Å². The fourth-order valence-electron chi connectivity index (χ4n) is 2.12. The maximum Gasteiger partial charge on any atom is 0.431 e. The zero-order valence-corrected chi connectivity index (χ0v) is 14.4. The molecule has 0 aliphatic heterocycles. The number of ether oxygens (including phenoxy) is 1. The fourth-order valence-corrected chi connectivity index (χ4v) is 2.33. The summed E-state index contributed by atoms with van der Waals surface area (Å²) in [6.45, 7) is 5.31. The Labute approximate surface area is 149 Å². The van der Waals surface area contributed by atoms with Crippen LogP contribution in [0.4, 0.5) is 17.6 Å². The monoisotopic (exact) mass is 392 g/mol. The minimum absolute atomic E-state index is 0.0325. The first-order valence-electron chi connectivity index (χ1n) is 7.10. The predicted octanol–water partition coefficient (Wildman–Crippen LogP) is 3.30. The topological polar surface area (TPSA) is 53.2 Å². The van der Waals surface area contributed by atoms with Gasteiger partial charge in [0, 0.05) is 19.2 Å². The Balaban J connectivity index is 2.71. The first kappa shape index (κ1) is 19.8. The molecule has 2 rings (SSSR count). The average Bonchev–Trinajstić information content (AvgIpc) is 2.50. The van der Waals surface area contributed by atoms with Gasteiger partial charge in [0.15, 0.2) is 0 Å². The SMILES string of the molecule is C=C(C)COc1cc(-n2c(=O)cc(C(F)(F)F)n(C)c2=O)c(F)cc1Cl. The van der Waals surface area contributed by atoms with E-state index in [0.717, 1.165) is 19.2 Å². The Morgan fingerprint density at radius 1 is 1.27 bits per heavy atom. The number of alkyl halides is 3. The van der Waals surface area contributed by atoms with Crippen LogP contribution < -0.4 is 16.0 Å². The Kier molecular flexibility index (Phi) is 5.31. The van der Waals surface area contributed by atoms with Crippen molar-refractivity contribution < 1.29 is 22.3 Å². The second kappa shape index (κ2) is 6.99. The molecule has 0 unspecified atom stereocenters. The quantitative estimate of drug-likeness (QED) is 0.592. The zero-order valence-electron chi connectivity index (χ0n) is 13.7. The molecule has 0 aliphatic carbocycles. The van der Waals surface area contributed by atoms with Crippen molar-refractivity contribution in [1.29, 1.82) is 0 Å². The predicted molar refractivity (Wildman–Crippen MR) is 87.6 cm³/mol. The molecule has 0 bridgehead atoms. The molecular weight excluding hydrogens is 380 g/mol. The third-order valence-corrected chi connectivity index (χ3v) is 3.62. The van der Waals surface area contributed by atoms with Crippen LogP contribution in [0, 0.1) is 5.82 Å². The molecule has 2 aromatic rings. The second-order valence-electron chi connectivity index (χ2n) is 5.52. The molecule has 0 radical (unpaired) electrons. The molecule has 0 amide bonds. The number of nitrogens with zero attached hydrogens (tertiary/aromatic N) is 2. The number of hydrogen-bond donors (Lipinski definition) is 0. The lowest BCUT2D eigenvalue weighted by Gasteiger charge is -2.15. The van der Waals surface area contributed by atoms with Gasteiger partial charge in [-0.25, -0.2) is 13.8 Å². The van der Waals surface area contributed by atoms with E-state index in [1.54, 1.807) is 6.92 Å². The van der Waals surface area contributed by atoms with E-state index in [-0.39, 0.29) is 32.6 Å². The molecule has 0 saturated carbocycles. The number of halogens is 5. The third kappa shape index (κ3) is 3.82. The van der Waals surface area contributed by atoms with Gasteiger partial charge in [0.2, 0.25) is 0 Å². The van der Waals surface area contributed by atoms with Crippen LogP contribution in [0.5, 0.6) is 5.75 Å². The summed E-state index contributed by atoms with van der Waals surface area (Å²) in [5, 5.41) is -0.135. The molecule has 5 nitrogen and oxygen atoms in total. The van der Waals surface area contributed by atoms with Crippen LogP contribution in [-0.2, 0) is 13.2 Å². The van der Waals surface area contributed by atoms with Crippen LogP contribution in [0.2, 0.25) is 5.02 Å². The van der Waals surface area contributed by atoms with E-state index in [0.29, 0.717) is 5.57 Å². The Hall–Kier alpha value is -2.55. The van der Waals surface area contributed by atoms with Crippen LogP contribution in [0.3, 0.4) is 0 Å². The average molecular weight is 393 g/mol. The summed E-state index contributed by atoms with van der Waals surface area (Å²) in [4.78, 5) is 24.3. The van der Waals surface area contributed by atoms with Crippen LogP contribution >= 0.6 is 11.6 Å². The summed E-state index contributed by atoms with van der Waals surface area (Å²) in [6.07, 6.45) is -4.92. The van der Waals surface area contributed by atoms with Crippen LogP contribution in [0.15, 0.2) is 39.9 Å². The van der Waals surface area contributed by atoms with Crippen molar-refractivity contribution in [1.82, 2.24) is 9.13 Å². The van der Waals surface area contributed by atoms with E-state index in [9.17, 15) is 27.2 Å². The smallest absolute Gasteiger partial charge is 0.431 e. The molecule has 0 spiro atoms. The van der Waals surface area contributed by atoms with Gasteiger partial charge >= 0.3 is 11.9 Å². The van der Waals surface area contributed by atoms with Crippen molar-refractivity contribution in [2.75, 3.05) is 6.61 Å². The molecule has 10 heteroatoms. The summed E-state index contributed by atoms with van der Waals surface area (Å²) in [5.74, 6) is -1.13. The molecule has 0 aliphatic rings. The minimum Gasteiger partial charge on any atom is -0.488 e. The normalized spacial score (nSPS) is 11.5. The van der Waals surface area contributed by atoms with E-state index >= 15 is 0 Å². The first-order valence-corrected chi connectivity index (χ1v) is 7.48. The minimum atomic E-state index is -4.92. The zero-order chi connectivity index (χ0) is 19.8. The highest BCUT2D eigenvalue weighted by Gasteiger charge is 2.35. The lowest BCUT2D eigenvalue weighted by atomic mass is 10.2. The molecule has 26 heavy (non-hydrogen) atoms. The third-order valence-electron chi connectivity index (χ3n) is 3.33. The van der Waals surface area contributed by atoms with Gasteiger partial charge in [0.25, 0.3) is 5.56 Å². The van der Waals surface area contributed by atoms with Crippen molar-refractivity contribution in [2.24, 2.45) is 7.05 Å². The summed E-state index contributed by atoms with van der Waals surface area (Å²) >= 11 is 5.85.